The summed E-state index contributed by atoms with van der Waals surface area (Å²) in [7, 11) is 0. The summed E-state index contributed by atoms with van der Waals surface area (Å²) in [6.07, 6.45) is 5.83. The molecule has 3 nitrogen and oxygen atoms in total. The molecule has 1 aromatic carbocycles. The fraction of sp³-hybridized carbons (Fsp3) is 0.632. The Morgan fingerprint density at radius 2 is 1.96 bits per heavy atom. The number of hydrogen-bond acceptors (Lipinski definition) is 2. The molecule has 2 aliphatic heterocycles. The molecule has 1 spiro atoms. The van der Waals surface area contributed by atoms with Gasteiger partial charge in [0.2, 0.25) is 5.91 Å². The lowest BCUT2D eigenvalue weighted by molar-refractivity contribution is -0.132. The van der Waals surface area contributed by atoms with E-state index in [1.807, 2.05) is 0 Å². The molecule has 2 saturated heterocycles. The van der Waals surface area contributed by atoms with Gasteiger partial charge in [0, 0.05) is 19.0 Å². The SMILES string of the molecule is Cl.O=C(C1CC12CCNCC2)N1CCC(Cc2ccccc2)C1. The van der Waals surface area contributed by atoms with E-state index in [4.69, 9.17) is 0 Å². The molecule has 1 N–H and O–H groups in total. The average Bonchev–Trinajstić information content (AvgIpc) is 3.03. The van der Waals surface area contributed by atoms with Crippen LogP contribution in [0.5, 0.6) is 0 Å². The van der Waals surface area contributed by atoms with Gasteiger partial charge in [-0.05, 0) is 62.1 Å². The van der Waals surface area contributed by atoms with Crippen molar-refractivity contribution in [1.82, 2.24) is 10.2 Å². The van der Waals surface area contributed by atoms with Crippen LogP contribution in [0.3, 0.4) is 0 Å². The van der Waals surface area contributed by atoms with Gasteiger partial charge in [-0.3, -0.25) is 4.79 Å². The number of likely N-dealkylation sites (tertiary alicyclic amines) is 1. The van der Waals surface area contributed by atoms with E-state index in [2.05, 4.69) is 40.5 Å². The maximum atomic E-state index is 12.8. The molecule has 2 atom stereocenters. The summed E-state index contributed by atoms with van der Waals surface area (Å²) in [5.74, 6) is 1.44. The number of hydrogen-bond donors (Lipinski definition) is 1. The first-order valence-corrected chi connectivity index (χ1v) is 8.80. The van der Waals surface area contributed by atoms with Crippen molar-refractivity contribution in [3.8, 4) is 0 Å². The van der Waals surface area contributed by atoms with Crippen LogP contribution in [-0.4, -0.2) is 37.0 Å². The number of piperidine rings is 1. The molecule has 0 radical (unpaired) electrons. The van der Waals surface area contributed by atoms with Crippen LogP contribution in [0, 0.1) is 17.3 Å². The van der Waals surface area contributed by atoms with E-state index in [1.54, 1.807) is 0 Å². The first-order chi connectivity index (χ1) is 10.8. The van der Waals surface area contributed by atoms with Gasteiger partial charge >= 0.3 is 0 Å². The molecular formula is C19H27ClN2O. The van der Waals surface area contributed by atoms with Crippen molar-refractivity contribution in [3.05, 3.63) is 35.9 Å². The minimum atomic E-state index is 0. The van der Waals surface area contributed by atoms with E-state index < -0.39 is 0 Å². The molecule has 1 aliphatic carbocycles. The maximum absolute atomic E-state index is 12.8. The second kappa shape index (κ2) is 6.82. The smallest absolute Gasteiger partial charge is 0.226 e. The zero-order valence-corrected chi connectivity index (χ0v) is 14.5. The summed E-state index contributed by atoms with van der Waals surface area (Å²) < 4.78 is 0. The van der Waals surface area contributed by atoms with Gasteiger partial charge in [-0.15, -0.1) is 12.4 Å². The lowest BCUT2D eigenvalue weighted by Gasteiger charge is -2.25. The number of carbonyl (C=O) groups is 1. The van der Waals surface area contributed by atoms with Crippen LogP contribution in [0.4, 0.5) is 0 Å². The first-order valence-electron chi connectivity index (χ1n) is 8.80. The number of carbonyl (C=O) groups excluding carboxylic acids is 1. The summed E-state index contributed by atoms with van der Waals surface area (Å²) in [5.41, 5.74) is 1.78. The molecule has 2 heterocycles. The largest absolute Gasteiger partial charge is 0.342 e. The van der Waals surface area contributed by atoms with Crippen molar-refractivity contribution in [2.75, 3.05) is 26.2 Å². The van der Waals surface area contributed by atoms with E-state index in [0.29, 0.717) is 23.2 Å². The van der Waals surface area contributed by atoms with Crippen molar-refractivity contribution in [3.63, 3.8) is 0 Å². The highest BCUT2D eigenvalue weighted by molar-refractivity contribution is 5.85. The third-order valence-electron chi connectivity index (χ3n) is 6.05. The fourth-order valence-electron chi connectivity index (χ4n) is 4.54. The maximum Gasteiger partial charge on any atom is 0.226 e. The van der Waals surface area contributed by atoms with E-state index in [9.17, 15) is 4.79 Å². The van der Waals surface area contributed by atoms with Crippen molar-refractivity contribution < 1.29 is 4.79 Å². The van der Waals surface area contributed by atoms with Crippen LogP contribution in [-0.2, 0) is 11.2 Å². The Bertz CT molecular complexity index is 542. The van der Waals surface area contributed by atoms with Gasteiger partial charge in [0.1, 0.15) is 0 Å². The van der Waals surface area contributed by atoms with Crippen LogP contribution < -0.4 is 5.32 Å². The number of amides is 1. The monoisotopic (exact) mass is 334 g/mol. The second-order valence-electron chi connectivity index (χ2n) is 7.50. The molecule has 1 saturated carbocycles. The van der Waals surface area contributed by atoms with Crippen molar-refractivity contribution in [1.29, 1.82) is 0 Å². The van der Waals surface area contributed by atoms with Crippen LogP contribution in [0.1, 0.15) is 31.2 Å². The highest BCUT2D eigenvalue weighted by atomic mass is 35.5. The number of nitrogens with one attached hydrogen (secondary N) is 1. The third kappa shape index (κ3) is 3.41. The normalized spacial score (nSPS) is 28.4. The first kappa shape index (κ1) is 16.8. The Morgan fingerprint density at radius 1 is 1.22 bits per heavy atom. The Labute approximate surface area is 145 Å². The second-order valence-corrected chi connectivity index (χ2v) is 7.50. The third-order valence-corrected chi connectivity index (χ3v) is 6.05. The summed E-state index contributed by atoms with van der Waals surface area (Å²) in [6.45, 7) is 4.14. The Kier molecular flexibility index (Phi) is 4.98. The highest BCUT2D eigenvalue weighted by Crippen LogP contribution is 2.59. The molecule has 1 aromatic rings. The van der Waals surface area contributed by atoms with Gasteiger partial charge in [0.05, 0.1) is 0 Å². The molecule has 2 unspecified atom stereocenters. The van der Waals surface area contributed by atoms with E-state index in [-0.39, 0.29) is 12.4 Å². The van der Waals surface area contributed by atoms with E-state index >= 15 is 0 Å². The van der Waals surface area contributed by atoms with E-state index in [1.165, 1.54) is 24.8 Å². The average molecular weight is 335 g/mol. The van der Waals surface area contributed by atoms with Gasteiger partial charge < -0.3 is 10.2 Å². The molecule has 1 amide bonds. The predicted octanol–water partition coefficient (Wildman–Crippen LogP) is 2.89. The van der Waals surface area contributed by atoms with Gasteiger partial charge in [-0.1, -0.05) is 30.3 Å². The quantitative estimate of drug-likeness (QED) is 0.921. The highest BCUT2D eigenvalue weighted by Gasteiger charge is 2.58. The van der Waals surface area contributed by atoms with Crippen molar-refractivity contribution in [2.45, 2.75) is 32.1 Å². The lowest BCUT2D eigenvalue weighted by Crippen LogP contribution is -2.35. The number of rotatable bonds is 3. The molecule has 3 aliphatic rings. The summed E-state index contributed by atoms with van der Waals surface area (Å²) in [5, 5.41) is 3.42. The van der Waals surface area contributed by atoms with Gasteiger partial charge in [-0.25, -0.2) is 0 Å². The van der Waals surface area contributed by atoms with Crippen LogP contribution in [0.2, 0.25) is 0 Å². The van der Waals surface area contributed by atoms with Gasteiger partial charge in [0.25, 0.3) is 0 Å². The van der Waals surface area contributed by atoms with Crippen LogP contribution in [0.25, 0.3) is 0 Å². The predicted molar refractivity (Wildman–Crippen MR) is 94.7 cm³/mol. The minimum absolute atomic E-state index is 0. The minimum Gasteiger partial charge on any atom is -0.342 e. The Balaban J connectivity index is 0.00000156. The van der Waals surface area contributed by atoms with Crippen LogP contribution in [0.15, 0.2) is 30.3 Å². The molecule has 4 heteroatoms. The fourth-order valence-corrected chi connectivity index (χ4v) is 4.54. The van der Waals surface area contributed by atoms with Gasteiger partial charge in [-0.2, -0.15) is 0 Å². The zero-order chi connectivity index (χ0) is 15.0. The topological polar surface area (TPSA) is 32.3 Å². The molecule has 0 aromatic heterocycles. The number of benzene rings is 1. The molecule has 126 valence electrons. The Morgan fingerprint density at radius 3 is 2.70 bits per heavy atom. The van der Waals surface area contributed by atoms with Gasteiger partial charge in [0.15, 0.2) is 0 Å². The Hall–Kier alpha value is -1.06. The van der Waals surface area contributed by atoms with Crippen molar-refractivity contribution in [2.24, 2.45) is 17.3 Å². The lowest BCUT2D eigenvalue weighted by atomic mass is 9.91. The molecular weight excluding hydrogens is 308 g/mol. The summed E-state index contributed by atoms with van der Waals surface area (Å²) in [6, 6.07) is 10.7. The number of nitrogens with zero attached hydrogens (tertiary/aromatic N) is 1. The molecule has 4 rings (SSSR count). The van der Waals surface area contributed by atoms with Crippen molar-refractivity contribution >= 4 is 18.3 Å². The zero-order valence-electron chi connectivity index (χ0n) is 13.7. The summed E-state index contributed by atoms with van der Waals surface area (Å²) in [4.78, 5) is 14.9. The van der Waals surface area contributed by atoms with E-state index in [0.717, 1.165) is 39.0 Å². The molecule has 0 bridgehead atoms. The van der Waals surface area contributed by atoms with Crippen LogP contribution >= 0.6 is 12.4 Å². The summed E-state index contributed by atoms with van der Waals surface area (Å²) >= 11 is 0. The molecule has 3 fully saturated rings. The number of halogens is 1. The molecule has 23 heavy (non-hydrogen) atoms. The standard InChI is InChI=1S/C19H26N2O.ClH/c22-18(17-13-19(17)7-9-20-10-8-19)21-11-6-16(14-21)12-15-4-2-1-3-5-15;/h1-5,16-17,20H,6-14H2;1H.